The number of hydrogen-bond donors (Lipinski definition) is 2. The first kappa shape index (κ1) is 13.8. The van der Waals surface area contributed by atoms with Crippen LogP contribution in [0.4, 0.5) is 17.1 Å². The predicted octanol–water partition coefficient (Wildman–Crippen LogP) is 4.57. The van der Waals surface area contributed by atoms with Gasteiger partial charge in [-0.05, 0) is 41.1 Å². The van der Waals surface area contributed by atoms with Crippen LogP contribution < -0.4 is 10.6 Å². The number of halogens is 1. The monoisotopic (exact) mass is 342 g/mol. The lowest BCUT2D eigenvalue weighted by Crippen LogP contribution is -1.99. The minimum absolute atomic E-state index is 0.870. The summed E-state index contributed by atoms with van der Waals surface area (Å²) in [7, 11) is 0. The van der Waals surface area contributed by atoms with Crippen molar-refractivity contribution in [1.29, 1.82) is 0 Å². The van der Waals surface area contributed by atoms with E-state index in [4.69, 9.17) is 0 Å². The SMILES string of the molecule is CCNc1cncc(Nc2cccc3cc(Br)cnc23)c1. The molecule has 0 unspecified atom stereocenters. The van der Waals surface area contributed by atoms with E-state index < -0.39 is 0 Å². The zero-order valence-electron chi connectivity index (χ0n) is 11.6. The molecule has 2 aromatic heterocycles. The number of hydrogen-bond acceptors (Lipinski definition) is 4. The topological polar surface area (TPSA) is 49.8 Å². The van der Waals surface area contributed by atoms with Crippen molar-refractivity contribution < 1.29 is 0 Å². The van der Waals surface area contributed by atoms with Gasteiger partial charge in [-0.3, -0.25) is 9.97 Å². The highest BCUT2D eigenvalue weighted by Gasteiger charge is 2.04. The van der Waals surface area contributed by atoms with Crippen molar-refractivity contribution in [3.05, 3.63) is 53.4 Å². The van der Waals surface area contributed by atoms with Gasteiger partial charge in [-0.1, -0.05) is 12.1 Å². The average Bonchev–Trinajstić information content (AvgIpc) is 2.48. The molecule has 0 amide bonds. The van der Waals surface area contributed by atoms with Gasteiger partial charge in [0.2, 0.25) is 0 Å². The second-order valence-electron chi connectivity index (χ2n) is 4.65. The number of nitrogens with one attached hydrogen (secondary N) is 2. The molecule has 3 rings (SSSR count). The Bertz CT molecular complexity index is 773. The molecule has 106 valence electrons. The Labute approximate surface area is 131 Å². The van der Waals surface area contributed by atoms with Gasteiger partial charge in [0.15, 0.2) is 0 Å². The highest BCUT2D eigenvalue weighted by atomic mass is 79.9. The lowest BCUT2D eigenvalue weighted by molar-refractivity contribution is 1.19. The third-order valence-corrected chi connectivity index (χ3v) is 3.51. The number of anilines is 3. The minimum atomic E-state index is 0.870. The van der Waals surface area contributed by atoms with Crippen LogP contribution in [0.2, 0.25) is 0 Å². The summed E-state index contributed by atoms with van der Waals surface area (Å²) in [5, 5.41) is 7.73. The quantitative estimate of drug-likeness (QED) is 0.729. The van der Waals surface area contributed by atoms with E-state index in [1.807, 2.05) is 30.5 Å². The maximum atomic E-state index is 4.49. The molecule has 5 heteroatoms. The summed E-state index contributed by atoms with van der Waals surface area (Å²) in [5.41, 5.74) is 3.84. The Morgan fingerprint density at radius 1 is 1.10 bits per heavy atom. The van der Waals surface area contributed by atoms with Gasteiger partial charge in [0, 0.05) is 22.6 Å². The number of aromatic nitrogens is 2. The highest BCUT2D eigenvalue weighted by Crippen LogP contribution is 2.27. The van der Waals surface area contributed by atoms with Crippen LogP contribution in [-0.2, 0) is 0 Å². The van der Waals surface area contributed by atoms with Crippen LogP contribution in [0.5, 0.6) is 0 Å². The highest BCUT2D eigenvalue weighted by molar-refractivity contribution is 9.10. The van der Waals surface area contributed by atoms with Gasteiger partial charge in [0.1, 0.15) is 0 Å². The number of nitrogens with zero attached hydrogens (tertiary/aromatic N) is 2. The van der Waals surface area contributed by atoms with E-state index in [0.29, 0.717) is 0 Å². The zero-order valence-corrected chi connectivity index (χ0v) is 13.2. The molecule has 0 saturated carbocycles. The standard InChI is InChI=1S/C16H15BrN4/c1-2-19-13-7-14(10-18-9-13)21-15-5-3-4-11-6-12(17)8-20-16(11)15/h3-10,19,21H,2H2,1H3. The van der Waals surface area contributed by atoms with Gasteiger partial charge in [0.05, 0.1) is 35.0 Å². The fraction of sp³-hybridized carbons (Fsp3) is 0.125. The van der Waals surface area contributed by atoms with Crippen molar-refractivity contribution in [2.75, 3.05) is 17.2 Å². The molecule has 3 aromatic rings. The largest absolute Gasteiger partial charge is 0.384 e. The van der Waals surface area contributed by atoms with Crippen LogP contribution in [0, 0.1) is 0 Å². The fourth-order valence-corrected chi connectivity index (χ4v) is 2.55. The van der Waals surface area contributed by atoms with Crippen molar-refractivity contribution in [2.45, 2.75) is 6.92 Å². The summed E-state index contributed by atoms with van der Waals surface area (Å²) >= 11 is 3.45. The number of pyridine rings is 2. The molecule has 0 atom stereocenters. The summed E-state index contributed by atoms with van der Waals surface area (Å²) in [5.74, 6) is 0. The Hall–Kier alpha value is -2.14. The normalized spacial score (nSPS) is 10.6. The Balaban J connectivity index is 1.96. The molecule has 21 heavy (non-hydrogen) atoms. The first-order valence-corrected chi connectivity index (χ1v) is 7.56. The van der Waals surface area contributed by atoms with Gasteiger partial charge >= 0.3 is 0 Å². The summed E-state index contributed by atoms with van der Waals surface area (Å²) < 4.78 is 0.975. The molecule has 4 nitrogen and oxygen atoms in total. The second-order valence-corrected chi connectivity index (χ2v) is 5.56. The molecule has 0 radical (unpaired) electrons. The molecule has 0 aliphatic heterocycles. The molecular weight excluding hydrogens is 328 g/mol. The molecule has 1 aromatic carbocycles. The van der Waals surface area contributed by atoms with Gasteiger partial charge in [0.25, 0.3) is 0 Å². The molecule has 0 saturated heterocycles. The van der Waals surface area contributed by atoms with Gasteiger partial charge < -0.3 is 10.6 Å². The maximum Gasteiger partial charge on any atom is 0.0937 e. The van der Waals surface area contributed by atoms with Crippen molar-refractivity contribution in [1.82, 2.24) is 9.97 Å². The zero-order chi connectivity index (χ0) is 14.7. The predicted molar refractivity (Wildman–Crippen MR) is 91.1 cm³/mol. The first-order valence-electron chi connectivity index (χ1n) is 6.76. The number of rotatable bonds is 4. The molecule has 0 aliphatic carbocycles. The molecule has 2 heterocycles. The van der Waals surface area contributed by atoms with E-state index in [0.717, 1.165) is 39.0 Å². The Morgan fingerprint density at radius 3 is 2.81 bits per heavy atom. The van der Waals surface area contributed by atoms with Crippen LogP contribution in [0.1, 0.15) is 6.92 Å². The van der Waals surface area contributed by atoms with Crippen molar-refractivity contribution in [2.24, 2.45) is 0 Å². The fourth-order valence-electron chi connectivity index (χ4n) is 2.20. The third-order valence-electron chi connectivity index (χ3n) is 3.08. The molecule has 2 N–H and O–H groups in total. The van der Waals surface area contributed by atoms with Crippen molar-refractivity contribution in [3.63, 3.8) is 0 Å². The van der Waals surface area contributed by atoms with Gasteiger partial charge in [-0.2, -0.15) is 0 Å². The van der Waals surface area contributed by atoms with E-state index in [9.17, 15) is 0 Å². The average molecular weight is 343 g/mol. The number of para-hydroxylation sites is 1. The van der Waals surface area contributed by atoms with Gasteiger partial charge in [-0.15, -0.1) is 0 Å². The lowest BCUT2D eigenvalue weighted by atomic mass is 10.2. The summed E-state index contributed by atoms with van der Waals surface area (Å²) in [6.45, 7) is 2.93. The van der Waals surface area contributed by atoms with Gasteiger partial charge in [-0.25, -0.2) is 0 Å². The first-order chi connectivity index (χ1) is 10.3. The van der Waals surface area contributed by atoms with Crippen molar-refractivity contribution >= 4 is 43.9 Å². The molecule has 0 aliphatic rings. The number of benzene rings is 1. The maximum absolute atomic E-state index is 4.49. The van der Waals surface area contributed by atoms with E-state index in [-0.39, 0.29) is 0 Å². The molecule has 0 spiro atoms. The van der Waals surface area contributed by atoms with Crippen LogP contribution in [0.3, 0.4) is 0 Å². The second kappa shape index (κ2) is 6.10. The molecule has 0 fully saturated rings. The van der Waals surface area contributed by atoms with Crippen LogP contribution in [0.25, 0.3) is 10.9 Å². The summed E-state index contributed by atoms with van der Waals surface area (Å²) in [4.78, 5) is 8.73. The summed E-state index contributed by atoms with van der Waals surface area (Å²) in [6.07, 6.45) is 5.42. The Morgan fingerprint density at radius 2 is 1.95 bits per heavy atom. The van der Waals surface area contributed by atoms with Crippen LogP contribution in [-0.4, -0.2) is 16.5 Å². The third kappa shape index (κ3) is 3.13. The van der Waals surface area contributed by atoms with Crippen LogP contribution in [0.15, 0.2) is 53.4 Å². The lowest BCUT2D eigenvalue weighted by Gasteiger charge is -2.10. The van der Waals surface area contributed by atoms with E-state index in [2.05, 4.69) is 49.5 Å². The molecule has 0 bridgehead atoms. The Kier molecular flexibility index (Phi) is 4.01. The molecular formula is C16H15BrN4. The van der Waals surface area contributed by atoms with Crippen LogP contribution >= 0.6 is 15.9 Å². The van der Waals surface area contributed by atoms with E-state index >= 15 is 0 Å². The number of fused-ring (bicyclic) bond motifs is 1. The summed E-state index contributed by atoms with van der Waals surface area (Å²) in [6, 6.07) is 10.2. The smallest absolute Gasteiger partial charge is 0.0937 e. The van der Waals surface area contributed by atoms with Crippen molar-refractivity contribution in [3.8, 4) is 0 Å². The van der Waals surface area contributed by atoms with E-state index in [1.165, 1.54) is 0 Å². The minimum Gasteiger partial charge on any atom is -0.384 e. The van der Waals surface area contributed by atoms with E-state index in [1.54, 1.807) is 12.4 Å².